The number of aromatic nitrogens is 1. The van der Waals surface area contributed by atoms with E-state index in [4.69, 9.17) is 23.2 Å². The minimum atomic E-state index is -3.92. The predicted octanol–water partition coefficient (Wildman–Crippen LogP) is 4.46. The number of pyridine rings is 1. The zero-order valence-corrected chi connectivity index (χ0v) is 17.7. The van der Waals surface area contributed by atoms with Crippen molar-refractivity contribution in [3.05, 3.63) is 88.2 Å². The van der Waals surface area contributed by atoms with E-state index in [1.54, 1.807) is 36.5 Å². The number of nitrogens with one attached hydrogen (secondary N) is 1. The Labute approximate surface area is 179 Å². The van der Waals surface area contributed by atoms with Crippen molar-refractivity contribution < 1.29 is 13.2 Å². The number of benzene rings is 2. The largest absolute Gasteiger partial charge is 0.337 e. The number of hydrogen-bond acceptors (Lipinski definition) is 4. The molecular weight excluding hydrogens is 433 g/mol. The summed E-state index contributed by atoms with van der Waals surface area (Å²) in [7, 11) is -2.23. The molecule has 3 aromatic rings. The van der Waals surface area contributed by atoms with Crippen LogP contribution >= 0.6 is 23.2 Å². The molecule has 0 aliphatic carbocycles. The molecule has 0 saturated carbocycles. The molecule has 0 atom stereocenters. The quantitative estimate of drug-likeness (QED) is 0.602. The smallest absolute Gasteiger partial charge is 0.263 e. The Morgan fingerprint density at radius 2 is 1.69 bits per heavy atom. The topological polar surface area (TPSA) is 79.4 Å². The molecule has 0 bridgehead atoms. The number of carbonyl (C=O) groups excluding carboxylic acids is 1. The van der Waals surface area contributed by atoms with Crippen LogP contribution in [0.25, 0.3) is 0 Å². The van der Waals surface area contributed by atoms with Gasteiger partial charge in [0.2, 0.25) is 0 Å². The van der Waals surface area contributed by atoms with Crippen molar-refractivity contribution in [1.29, 1.82) is 0 Å². The van der Waals surface area contributed by atoms with Crippen LogP contribution in [0.3, 0.4) is 0 Å². The van der Waals surface area contributed by atoms with Gasteiger partial charge < -0.3 is 4.90 Å². The third-order valence-electron chi connectivity index (χ3n) is 4.08. The third kappa shape index (κ3) is 5.26. The summed E-state index contributed by atoms with van der Waals surface area (Å²) in [6.07, 6.45) is 3.33. The standard InChI is InChI=1S/C20H17Cl2N3O3S/c1-25(13-14-8-10-23-11-9-14)20(26)15-2-5-17(6-3-15)24-29(27,28)19-12-16(21)4-7-18(19)22/h2-12,24H,13H2,1H3. The molecule has 2 aromatic carbocycles. The monoisotopic (exact) mass is 449 g/mol. The third-order valence-corrected chi connectivity index (χ3v) is 6.18. The number of anilines is 1. The second-order valence-electron chi connectivity index (χ2n) is 6.27. The highest BCUT2D eigenvalue weighted by Gasteiger charge is 2.19. The molecule has 0 fully saturated rings. The molecule has 29 heavy (non-hydrogen) atoms. The second-order valence-corrected chi connectivity index (χ2v) is 8.77. The van der Waals surface area contributed by atoms with Gasteiger partial charge in [0, 0.05) is 42.3 Å². The lowest BCUT2D eigenvalue weighted by Crippen LogP contribution is -2.26. The Morgan fingerprint density at radius 1 is 1.03 bits per heavy atom. The minimum Gasteiger partial charge on any atom is -0.337 e. The first-order valence-corrected chi connectivity index (χ1v) is 10.7. The van der Waals surface area contributed by atoms with E-state index in [1.165, 1.54) is 30.3 Å². The SMILES string of the molecule is CN(Cc1ccncc1)C(=O)c1ccc(NS(=O)(=O)c2cc(Cl)ccc2Cl)cc1. The van der Waals surface area contributed by atoms with Crippen molar-refractivity contribution in [2.75, 3.05) is 11.8 Å². The molecule has 150 valence electrons. The summed E-state index contributed by atoms with van der Waals surface area (Å²) in [5.74, 6) is -0.186. The molecule has 0 spiro atoms. The van der Waals surface area contributed by atoms with E-state index in [9.17, 15) is 13.2 Å². The van der Waals surface area contributed by atoms with E-state index in [0.29, 0.717) is 17.8 Å². The van der Waals surface area contributed by atoms with Gasteiger partial charge in [-0.1, -0.05) is 23.2 Å². The van der Waals surface area contributed by atoms with E-state index in [1.807, 2.05) is 12.1 Å². The normalized spacial score (nSPS) is 11.1. The van der Waals surface area contributed by atoms with Crippen molar-refractivity contribution >= 4 is 44.8 Å². The van der Waals surface area contributed by atoms with Gasteiger partial charge in [-0.05, 0) is 60.2 Å². The predicted molar refractivity (Wildman–Crippen MR) is 114 cm³/mol. The van der Waals surface area contributed by atoms with Crippen LogP contribution in [-0.4, -0.2) is 31.3 Å². The van der Waals surface area contributed by atoms with Crippen molar-refractivity contribution in [2.45, 2.75) is 11.4 Å². The first-order valence-electron chi connectivity index (χ1n) is 8.48. The Balaban J connectivity index is 1.72. The molecule has 0 radical (unpaired) electrons. The molecule has 1 amide bonds. The molecule has 0 saturated heterocycles. The van der Waals surface area contributed by atoms with E-state index < -0.39 is 10.0 Å². The van der Waals surface area contributed by atoms with Gasteiger partial charge in [-0.2, -0.15) is 0 Å². The maximum absolute atomic E-state index is 12.6. The van der Waals surface area contributed by atoms with Gasteiger partial charge in [-0.25, -0.2) is 8.42 Å². The number of amides is 1. The van der Waals surface area contributed by atoms with Crippen LogP contribution in [0.15, 0.2) is 71.9 Å². The number of rotatable bonds is 6. The van der Waals surface area contributed by atoms with Gasteiger partial charge in [0.25, 0.3) is 15.9 Å². The second kappa shape index (κ2) is 8.82. The van der Waals surface area contributed by atoms with Crippen LogP contribution in [0.4, 0.5) is 5.69 Å². The number of nitrogens with zero attached hydrogens (tertiary/aromatic N) is 2. The Morgan fingerprint density at radius 3 is 2.34 bits per heavy atom. The van der Waals surface area contributed by atoms with Crippen molar-refractivity contribution in [3.63, 3.8) is 0 Å². The zero-order chi connectivity index (χ0) is 21.0. The number of carbonyl (C=O) groups is 1. The molecule has 1 aromatic heterocycles. The summed E-state index contributed by atoms with van der Waals surface area (Å²) < 4.78 is 27.6. The van der Waals surface area contributed by atoms with Gasteiger partial charge in [-0.15, -0.1) is 0 Å². The molecule has 6 nitrogen and oxygen atoms in total. The average Bonchev–Trinajstić information content (AvgIpc) is 2.70. The van der Waals surface area contributed by atoms with Crippen LogP contribution in [0.2, 0.25) is 10.0 Å². The van der Waals surface area contributed by atoms with Crippen molar-refractivity contribution in [2.24, 2.45) is 0 Å². The van der Waals surface area contributed by atoms with Crippen molar-refractivity contribution in [1.82, 2.24) is 9.88 Å². The first kappa shape index (κ1) is 21.1. The van der Waals surface area contributed by atoms with E-state index in [0.717, 1.165) is 5.56 Å². The highest BCUT2D eigenvalue weighted by molar-refractivity contribution is 7.92. The van der Waals surface area contributed by atoms with Gasteiger partial charge in [0.15, 0.2) is 0 Å². The zero-order valence-electron chi connectivity index (χ0n) is 15.3. The first-order chi connectivity index (χ1) is 13.8. The van der Waals surface area contributed by atoms with E-state index >= 15 is 0 Å². The highest BCUT2D eigenvalue weighted by atomic mass is 35.5. The Hall–Kier alpha value is -2.61. The lowest BCUT2D eigenvalue weighted by molar-refractivity contribution is 0.0785. The maximum atomic E-state index is 12.6. The molecule has 0 unspecified atom stereocenters. The minimum absolute atomic E-state index is 0.0615. The molecular formula is C20H17Cl2N3O3S. The number of sulfonamides is 1. The summed E-state index contributed by atoms with van der Waals surface area (Å²) in [4.78, 5) is 18.0. The average molecular weight is 450 g/mol. The summed E-state index contributed by atoms with van der Waals surface area (Å²) >= 11 is 11.9. The fraction of sp³-hybridized carbons (Fsp3) is 0.100. The highest BCUT2D eigenvalue weighted by Crippen LogP contribution is 2.27. The van der Waals surface area contributed by atoms with Crippen LogP contribution in [-0.2, 0) is 16.6 Å². The van der Waals surface area contributed by atoms with E-state index in [-0.39, 0.29) is 20.8 Å². The summed E-state index contributed by atoms with van der Waals surface area (Å²) in [6.45, 7) is 0.434. The van der Waals surface area contributed by atoms with E-state index in [2.05, 4.69) is 9.71 Å². The van der Waals surface area contributed by atoms with Gasteiger partial charge in [-0.3, -0.25) is 14.5 Å². The Bertz CT molecular complexity index is 1120. The molecule has 1 heterocycles. The Kier molecular flexibility index (Phi) is 6.42. The van der Waals surface area contributed by atoms with Gasteiger partial charge >= 0.3 is 0 Å². The van der Waals surface area contributed by atoms with Gasteiger partial charge in [0.05, 0.1) is 5.02 Å². The number of hydrogen-bond donors (Lipinski definition) is 1. The fourth-order valence-electron chi connectivity index (χ4n) is 2.63. The van der Waals surface area contributed by atoms with Crippen LogP contribution in [0.5, 0.6) is 0 Å². The summed E-state index contributed by atoms with van der Waals surface area (Å²) in [5, 5.41) is 0.319. The van der Waals surface area contributed by atoms with Crippen molar-refractivity contribution in [3.8, 4) is 0 Å². The fourth-order valence-corrected chi connectivity index (χ4v) is 4.45. The maximum Gasteiger partial charge on any atom is 0.263 e. The van der Waals surface area contributed by atoms with Crippen LogP contribution in [0.1, 0.15) is 15.9 Å². The van der Waals surface area contributed by atoms with Crippen LogP contribution < -0.4 is 4.72 Å². The van der Waals surface area contributed by atoms with Crippen LogP contribution in [0, 0.1) is 0 Å². The molecule has 9 heteroatoms. The number of halogens is 2. The molecule has 1 N–H and O–H groups in total. The van der Waals surface area contributed by atoms with Gasteiger partial charge in [0.1, 0.15) is 4.90 Å². The summed E-state index contributed by atoms with van der Waals surface area (Å²) in [6, 6.07) is 14.0. The lowest BCUT2D eigenvalue weighted by Gasteiger charge is -2.17. The summed E-state index contributed by atoms with van der Waals surface area (Å²) in [5.41, 5.74) is 1.69. The molecule has 0 aliphatic heterocycles. The molecule has 0 aliphatic rings. The lowest BCUT2D eigenvalue weighted by atomic mass is 10.1. The molecule has 3 rings (SSSR count).